The standard InChI is InChI=1S/C13H16N2/c1-15-9-11-5-3-6-12-10(8-14)4-2-7-13(11)12/h2-7,15H,8-9,14H2,1H3. The van der Waals surface area contributed by atoms with E-state index in [2.05, 4.69) is 41.7 Å². The molecule has 0 fully saturated rings. The Labute approximate surface area is 90.1 Å². The number of hydrogen-bond acceptors (Lipinski definition) is 2. The van der Waals surface area contributed by atoms with E-state index in [1.807, 2.05) is 7.05 Å². The number of nitrogens with one attached hydrogen (secondary N) is 1. The first kappa shape index (κ1) is 10.1. The molecule has 2 aromatic carbocycles. The van der Waals surface area contributed by atoms with Gasteiger partial charge < -0.3 is 11.1 Å². The normalized spacial score (nSPS) is 10.8. The third-order valence-corrected chi connectivity index (χ3v) is 2.69. The Balaban J connectivity index is 2.65. The summed E-state index contributed by atoms with van der Waals surface area (Å²) in [4.78, 5) is 0. The first-order valence-corrected chi connectivity index (χ1v) is 5.21. The maximum absolute atomic E-state index is 5.72. The van der Waals surface area contributed by atoms with Crippen molar-refractivity contribution in [2.24, 2.45) is 5.73 Å². The molecule has 3 N–H and O–H groups in total. The van der Waals surface area contributed by atoms with Crippen LogP contribution in [0.4, 0.5) is 0 Å². The third kappa shape index (κ3) is 1.87. The molecular weight excluding hydrogens is 184 g/mol. The largest absolute Gasteiger partial charge is 0.326 e. The van der Waals surface area contributed by atoms with Gasteiger partial charge in [0.1, 0.15) is 0 Å². The first-order chi connectivity index (χ1) is 7.36. The molecule has 0 spiro atoms. The summed E-state index contributed by atoms with van der Waals surface area (Å²) in [6.45, 7) is 1.49. The summed E-state index contributed by atoms with van der Waals surface area (Å²) in [5, 5.41) is 5.75. The van der Waals surface area contributed by atoms with E-state index in [0.717, 1.165) is 6.54 Å². The molecule has 15 heavy (non-hydrogen) atoms. The molecular formula is C13H16N2. The lowest BCUT2D eigenvalue weighted by Crippen LogP contribution is -2.06. The summed E-state index contributed by atoms with van der Waals surface area (Å²) in [5.41, 5.74) is 8.26. The number of nitrogens with two attached hydrogens (primary N) is 1. The number of hydrogen-bond donors (Lipinski definition) is 2. The summed E-state index contributed by atoms with van der Waals surface area (Å²) >= 11 is 0. The SMILES string of the molecule is CNCc1cccc2c(CN)cccc12. The van der Waals surface area contributed by atoms with Gasteiger partial charge in [0.2, 0.25) is 0 Å². The van der Waals surface area contributed by atoms with Crippen LogP contribution < -0.4 is 11.1 Å². The van der Waals surface area contributed by atoms with Crippen LogP contribution in [-0.4, -0.2) is 7.05 Å². The Morgan fingerprint density at radius 3 is 2.20 bits per heavy atom. The molecule has 78 valence electrons. The van der Waals surface area contributed by atoms with Crippen molar-refractivity contribution in [1.82, 2.24) is 5.32 Å². The van der Waals surface area contributed by atoms with E-state index < -0.39 is 0 Å². The van der Waals surface area contributed by atoms with Crippen molar-refractivity contribution in [3.8, 4) is 0 Å². The van der Waals surface area contributed by atoms with Crippen molar-refractivity contribution in [3.63, 3.8) is 0 Å². The van der Waals surface area contributed by atoms with Gasteiger partial charge in [-0.3, -0.25) is 0 Å². The van der Waals surface area contributed by atoms with Crippen molar-refractivity contribution >= 4 is 10.8 Å². The molecule has 0 amide bonds. The number of fused-ring (bicyclic) bond motifs is 1. The zero-order valence-corrected chi connectivity index (χ0v) is 8.96. The van der Waals surface area contributed by atoms with E-state index in [0.29, 0.717) is 6.54 Å². The lowest BCUT2D eigenvalue weighted by Gasteiger charge is -2.08. The predicted molar refractivity (Wildman–Crippen MR) is 64.6 cm³/mol. The van der Waals surface area contributed by atoms with Crippen LogP contribution in [0, 0.1) is 0 Å². The van der Waals surface area contributed by atoms with Crippen molar-refractivity contribution in [3.05, 3.63) is 47.5 Å². The summed E-state index contributed by atoms with van der Waals surface area (Å²) in [6, 6.07) is 12.7. The highest BCUT2D eigenvalue weighted by Gasteiger charge is 2.02. The van der Waals surface area contributed by atoms with E-state index in [-0.39, 0.29) is 0 Å². The Kier molecular flexibility index (Phi) is 2.99. The van der Waals surface area contributed by atoms with Gasteiger partial charge in [0.25, 0.3) is 0 Å². The predicted octanol–water partition coefficient (Wildman–Crippen LogP) is 2.02. The third-order valence-electron chi connectivity index (χ3n) is 2.69. The van der Waals surface area contributed by atoms with Gasteiger partial charge in [-0.2, -0.15) is 0 Å². The molecule has 0 atom stereocenters. The Hall–Kier alpha value is -1.38. The van der Waals surface area contributed by atoms with Gasteiger partial charge in [0, 0.05) is 13.1 Å². The molecule has 0 heterocycles. The highest BCUT2D eigenvalue weighted by molar-refractivity contribution is 5.88. The highest BCUT2D eigenvalue weighted by Crippen LogP contribution is 2.22. The molecule has 0 aliphatic carbocycles. The molecule has 0 aromatic heterocycles. The van der Waals surface area contributed by atoms with Crippen molar-refractivity contribution in [1.29, 1.82) is 0 Å². The Morgan fingerprint density at radius 1 is 1.00 bits per heavy atom. The second kappa shape index (κ2) is 4.43. The smallest absolute Gasteiger partial charge is 0.0208 e. The average molecular weight is 200 g/mol. The monoisotopic (exact) mass is 200 g/mol. The van der Waals surface area contributed by atoms with Crippen molar-refractivity contribution in [2.75, 3.05) is 7.05 Å². The zero-order valence-electron chi connectivity index (χ0n) is 8.96. The van der Waals surface area contributed by atoms with Crippen LogP contribution in [0.1, 0.15) is 11.1 Å². The van der Waals surface area contributed by atoms with E-state index in [9.17, 15) is 0 Å². The molecule has 0 saturated heterocycles. The van der Waals surface area contributed by atoms with Crippen molar-refractivity contribution < 1.29 is 0 Å². The second-order valence-electron chi connectivity index (χ2n) is 3.66. The molecule has 2 heteroatoms. The minimum atomic E-state index is 0.598. The van der Waals surface area contributed by atoms with Gasteiger partial charge >= 0.3 is 0 Å². The van der Waals surface area contributed by atoms with Crippen LogP contribution in [0.5, 0.6) is 0 Å². The van der Waals surface area contributed by atoms with E-state index >= 15 is 0 Å². The maximum atomic E-state index is 5.72. The molecule has 0 bridgehead atoms. The molecule has 2 rings (SSSR count). The molecule has 0 aliphatic heterocycles. The topological polar surface area (TPSA) is 38.0 Å². The van der Waals surface area contributed by atoms with Crippen molar-refractivity contribution in [2.45, 2.75) is 13.1 Å². The fraction of sp³-hybridized carbons (Fsp3) is 0.231. The van der Waals surface area contributed by atoms with E-state index in [1.165, 1.54) is 21.9 Å². The van der Waals surface area contributed by atoms with Crippen LogP contribution in [0.3, 0.4) is 0 Å². The minimum absolute atomic E-state index is 0.598. The van der Waals surface area contributed by atoms with Gasteiger partial charge in [-0.15, -0.1) is 0 Å². The molecule has 0 radical (unpaired) electrons. The molecule has 0 aliphatic rings. The molecule has 0 unspecified atom stereocenters. The van der Waals surface area contributed by atoms with E-state index in [4.69, 9.17) is 5.73 Å². The van der Waals surface area contributed by atoms with Gasteiger partial charge in [-0.05, 0) is 28.9 Å². The molecule has 2 nitrogen and oxygen atoms in total. The van der Waals surface area contributed by atoms with Crippen LogP contribution >= 0.6 is 0 Å². The Bertz CT molecular complexity index is 463. The second-order valence-corrected chi connectivity index (χ2v) is 3.66. The molecule has 0 saturated carbocycles. The average Bonchev–Trinajstić information content (AvgIpc) is 2.29. The maximum Gasteiger partial charge on any atom is 0.0208 e. The minimum Gasteiger partial charge on any atom is -0.326 e. The van der Waals surface area contributed by atoms with Crippen LogP contribution in [0.2, 0.25) is 0 Å². The zero-order chi connectivity index (χ0) is 10.7. The number of rotatable bonds is 3. The fourth-order valence-electron chi connectivity index (χ4n) is 1.96. The first-order valence-electron chi connectivity index (χ1n) is 5.21. The number of benzene rings is 2. The quantitative estimate of drug-likeness (QED) is 0.795. The van der Waals surface area contributed by atoms with E-state index in [1.54, 1.807) is 0 Å². The van der Waals surface area contributed by atoms with Gasteiger partial charge in [-0.25, -0.2) is 0 Å². The highest BCUT2D eigenvalue weighted by atomic mass is 14.8. The summed E-state index contributed by atoms with van der Waals surface area (Å²) in [7, 11) is 1.96. The summed E-state index contributed by atoms with van der Waals surface area (Å²) in [6.07, 6.45) is 0. The lowest BCUT2D eigenvalue weighted by molar-refractivity contribution is 0.823. The fourth-order valence-corrected chi connectivity index (χ4v) is 1.96. The molecule has 2 aromatic rings. The van der Waals surface area contributed by atoms with Gasteiger partial charge in [0.15, 0.2) is 0 Å². The van der Waals surface area contributed by atoms with Crippen LogP contribution in [0.25, 0.3) is 10.8 Å². The summed E-state index contributed by atoms with van der Waals surface area (Å²) < 4.78 is 0. The lowest BCUT2D eigenvalue weighted by atomic mass is 10.00. The van der Waals surface area contributed by atoms with Crippen LogP contribution in [0.15, 0.2) is 36.4 Å². The van der Waals surface area contributed by atoms with Crippen LogP contribution in [-0.2, 0) is 13.1 Å². The van der Waals surface area contributed by atoms with Gasteiger partial charge in [0.05, 0.1) is 0 Å². The summed E-state index contributed by atoms with van der Waals surface area (Å²) in [5.74, 6) is 0. The Morgan fingerprint density at radius 2 is 1.60 bits per heavy atom. The van der Waals surface area contributed by atoms with Gasteiger partial charge in [-0.1, -0.05) is 36.4 Å².